The van der Waals surface area contributed by atoms with E-state index in [1.807, 2.05) is 39.0 Å². The molecule has 0 unspecified atom stereocenters. The first-order chi connectivity index (χ1) is 14.6. The molecular formula is C23H33N3O4S. The van der Waals surface area contributed by atoms with Crippen LogP contribution in [0, 0.1) is 5.41 Å². The fourth-order valence-electron chi connectivity index (χ4n) is 3.22. The summed E-state index contributed by atoms with van der Waals surface area (Å²) in [7, 11) is -2.12. The highest BCUT2D eigenvalue weighted by atomic mass is 32.2. The molecular weight excluding hydrogens is 414 g/mol. The third-order valence-corrected chi connectivity index (χ3v) is 6.23. The molecule has 1 amide bonds. The van der Waals surface area contributed by atoms with Gasteiger partial charge in [0.1, 0.15) is 0 Å². The van der Waals surface area contributed by atoms with Gasteiger partial charge in [-0.15, -0.1) is 6.58 Å². The maximum Gasteiger partial charge on any atom is 0.228 e. The van der Waals surface area contributed by atoms with Crippen molar-refractivity contribution in [2.75, 3.05) is 20.3 Å². The van der Waals surface area contributed by atoms with Crippen LogP contribution in [-0.4, -0.2) is 49.0 Å². The van der Waals surface area contributed by atoms with Gasteiger partial charge in [0, 0.05) is 26.6 Å². The van der Waals surface area contributed by atoms with Crippen molar-refractivity contribution in [1.82, 2.24) is 14.5 Å². The molecule has 1 aromatic carbocycles. The summed E-state index contributed by atoms with van der Waals surface area (Å²) in [5.74, 6) is -0.156. The smallest absolute Gasteiger partial charge is 0.228 e. The first kappa shape index (κ1) is 24.8. The SMILES string of the molecule is C=CCN(Cc1cnc(S(=O)(=O)Cc2ccccc2)n1CCOC)C(=O)CC(C)(C)C. The summed E-state index contributed by atoms with van der Waals surface area (Å²) in [4.78, 5) is 18.7. The van der Waals surface area contributed by atoms with Crippen LogP contribution in [0.3, 0.4) is 0 Å². The maximum absolute atomic E-state index is 13.1. The minimum atomic E-state index is -3.68. The van der Waals surface area contributed by atoms with Gasteiger partial charge in [-0.05, 0) is 11.0 Å². The van der Waals surface area contributed by atoms with E-state index in [2.05, 4.69) is 11.6 Å². The van der Waals surface area contributed by atoms with Gasteiger partial charge < -0.3 is 14.2 Å². The fourth-order valence-corrected chi connectivity index (χ4v) is 4.74. The molecule has 0 radical (unpaired) electrons. The summed E-state index contributed by atoms with van der Waals surface area (Å²) >= 11 is 0. The number of amides is 1. The number of imidazole rings is 1. The molecule has 31 heavy (non-hydrogen) atoms. The van der Waals surface area contributed by atoms with Gasteiger partial charge in [-0.3, -0.25) is 4.79 Å². The predicted octanol–water partition coefficient (Wildman–Crippen LogP) is 3.45. The van der Waals surface area contributed by atoms with Gasteiger partial charge in [0.15, 0.2) is 0 Å². The standard InChI is InChI=1S/C23H33N3O4S/c1-6-12-25(21(27)15-23(2,3)4)17-20-16-24-22(26(20)13-14-30-5)31(28,29)18-19-10-8-7-9-11-19/h6-11,16H,1,12-15,17-18H2,2-5H3. The Kier molecular flexibility index (Phi) is 8.59. The van der Waals surface area contributed by atoms with Gasteiger partial charge in [0.2, 0.25) is 20.9 Å². The number of hydrogen-bond donors (Lipinski definition) is 0. The zero-order valence-electron chi connectivity index (χ0n) is 18.9. The molecule has 2 aromatic rings. The van der Waals surface area contributed by atoms with Gasteiger partial charge in [-0.1, -0.05) is 57.2 Å². The van der Waals surface area contributed by atoms with E-state index in [0.717, 1.165) is 0 Å². The van der Waals surface area contributed by atoms with Gasteiger partial charge in [0.05, 0.1) is 30.8 Å². The molecule has 2 rings (SSSR count). The quantitative estimate of drug-likeness (QED) is 0.493. The molecule has 1 heterocycles. The van der Waals surface area contributed by atoms with E-state index < -0.39 is 9.84 Å². The van der Waals surface area contributed by atoms with E-state index in [4.69, 9.17) is 4.74 Å². The van der Waals surface area contributed by atoms with E-state index in [0.29, 0.717) is 37.4 Å². The van der Waals surface area contributed by atoms with E-state index in [-0.39, 0.29) is 28.8 Å². The maximum atomic E-state index is 13.1. The molecule has 0 aliphatic carbocycles. The van der Waals surface area contributed by atoms with Crippen molar-refractivity contribution < 1.29 is 17.9 Å². The Morgan fingerprint density at radius 1 is 1.26 bits per heavy atom. The van der Waals surface area contributed by atoms with Crippen molar-refractivity contribution >= 4 is 15.7 Å². The second kappa shape index (κ2) is 10.7. The zero-order valence-corrected chi connectivity index (χ0v) is 19.7. The Morgan fingerprint density at radius 2 is 1.94 bits per heavy atom. The number of nitrogens with zero attached hydrogens (tertiary/aromatic N) is 3. The van der Waals surface area contributed by atoms with E-state index in [9.17, 15) is 13.2 Å². The lowest BCUT2D eigenvalue weighted by Gasteiger charge is -2.26. The second-order valence-corrected chi connectivity index (χ2v) is 10.6. The highest BCUT2D eigenvalue weighted by molar-refractivity contribution is 7.90. The lowest BCUT2D eigenvalue weighted by Crippen LogP contribution is -2.34. The minimum absolute atomic E-state index is 0.00905. The predicted molar refractivity (Wildman–Crippen MR) is 121 cm³/mol. The van der Waals surface area contributed by atoms with Crippen LogP contribution in [0.4, 0.5) is 0 Å². The molecule has 0 aliphatic heterocycles. The molecule has 0 aliphatic rings. The van der Waals surface area contributed by atoms with Gasteiger partial charge in [0.25, 0.3) is 0 Å². The summed E-state index contributed by atoms with van der Waals surface area (Å²) < 4.78 is 33.0. The van der Waals surface area contributed by atoms with Crippen molar-refractivity contribution in [1.29, 1.82) is 0 Å². The van der Waals surface area contributed by atoms with Crippen molar-refractivity contribution in [3.8, 4) is 0 Å². The number of carbonyl (C=O) groups excluding carboxylic acids is 1. The molecule has 7 nitrogen and oxygen atoms in total. The molecule has 0 spiro atoms. The van der Waals surface area contributed by atoms with E-state index in [1.165, 1.54) is 6.20 Å². The molecule has 0 bridgehead atoms. The average Bonchev–Trinajstić information content (AvgIpc) is 3.08. The molecule has 0 fully saturated rings. The summed E-state index contributed by atoms with van der Waals surface area (Å²) in [6.45, 7) is 11.0. The van der Waals surface area contributed by atoms with Crippen molar-refractivity contribution in [2.24, 2.45) is 5.41 Å². The monoisotopic (exact) mass is 447 g/mol. The summed E-state index contributed by atoms with van der Waals surface area (Å²) in [5, 5.41) is -0.00905. The highest BCUT2D eigenvalue weighted by Crippen LogP contribution is 2.22. The molecule has 0 saturated heterocycles. The second-order valence-electron chi connectivity index (χ2n) is 8.72. The molecule has 8 heteroatoms. The van der Waals surface area contributed by atoms with Crippen LogP contribution in [0.1, 0.15) is 38.4 Å². The number of carbonyl (C=O) groups is 1. The number of ether oxygens (including phenoxy) is 1. The Morgan fingerprint density at radius 3 is 2.52 bits per heavy atom. The van der Waals surface area contributed by atoms with Crippen LogP contribution in [0.25, 0.3) is 0 Å². The van der Waals surface area contributed by atoms with Crippen LogP contribution in [0.5, 0.6) is 0 Å². The molecule has 0 N–H and O–H groups in total. The molecule has 170 valence electrons. The topological polar surface area (TPSA) is 81.5 Å². The Labute approximate surface area is 185 Å². The Bertz CT molecular complexity index is 976. The fraction of sp³-hybridized carbons (Fsp3) is 0.478. The Hall–Kier alpha value is -2.45. The third-order valence-electron chi connectivity index (χ3n) is 4.63. The normalized spacial score (nSPS) is 12.0. The van der Waals surface area contributed by atoms with Gasteiger partial charge in [-0.25, -0.2) is 13.4 Å². The lowest BCUT2D eigenvalue weighted by molar-refractivity contribution is -0.133. The zero-order chi connectivity index (χ0) is 23.1. The van der Waals surface area contributed by atoms with Gasteiger partial charge in [-0.2, -0.15) is 0 Å². The molecule has 0 saturated carbocycles. The van der Waals surface area contributed by atoms with Gasteiger partial charge >= 0.3 is 0 Å². The number of rotatable bonds is 11. The summed E-state index contributed by atoms with van der Waals surface area (Å²) in [6.07, 6.45) is 3.59. The lowest BCUT2D eigenvalue weighted by atomic mass is 9.91. The largest absolute Gasteiger partial charge is 0.383 e. The van der Waals surface area contributed by atoms with Crippen molar-refractivity contribution in [2.45, 2.75) is 51.2 Å². The van der Waals surface area contributed by atoms with Crippen LogP contribution in [0.15, 0.2) is 54.3 Å². The van der Waals surface area contributed by atoms with Crippen molar-refractivity contribution in [3.05, 3.63) is 60.4 Å². The highest BCUT2D eigenvalue weighted by Gasteiger charge is 2.26. The summed E-state index contributed by atoms with van der Waals surface area (Å²) in [6, 6.07) is 9.01. The van der Waals surface area contributed by atoms with Crippen LogP contribution in [0.2, 0.25) is 0 Å². The van der Waals surface area contributed by atoms with E-state index in [1.54, 1.807) is 34.8 Å². The number of methoxy groups -OCH3 is 1. The average molecular weight is 448 g/mol. The first-order valence-electron chi connectivity index (χ1n) is 10.3. The number of benzene rings is 1. The Balaban J connectivity index is 2.36. The number of hydrogen-bond acceptors (Lipinski definition) is 5. The summed E-state index contributed by atoms with van der Waals surface area (Å²) in [5.41, 5.74) is 1.18. The number of sulfone groups is 1. The molecule has 0 atom stereocenters. The first-order valence-corrected chi connectivity index (χ1v) is 11.9. The number of aromatic nitrogens is 2. The van der Waals surface area contributed by atoms with Crippen LogP contribution >= 0.6 is 0 Å². The van der Waals surface area contributed by atoms with Crippen LogP contribution in [-0.2, 0) is 38.2 Å². The van der Waals surface area contributed by atoms with Crippen molar-refractivity contribution in [3.63, 3.8) is 0 Å². The van der Waals surface area contributed by atoms with Crippen LogP contribution < -0.4 is 0 Å². The third kappa shape index (κ3) is 7.33. The molecule has 1 aromatic heterocycles. The minimum Gasteiger partial charge on any atom is -0.383 e. The van der Waals surface area contributed by atoms with E-state index >= 15 is 0 Å².